The second-order valence-electron chi connectivity index (χ2n) is 4.60. The minimum absolute atomic E-state index is 0.0115. The van der Waals surface area contributed by atoms with Crippen molar-refractivity contribution in [2.45, 2.75) is 13.5 Å². The quantitative estimate of drug-likeness (QED) is 0.711. The van der Waals surface area contributed by atoms with Crippen LogP contribution in [0.5, 0.6) is 11.5 Å². The van der Waals surface area contributed by atoms with Crippen LogP contribution in [0.2, 0.25) is 0 Å². The van der Waals surface area contributed by atoms with Crippen molar-refractivity contribution in [2.24, 2.45) is 0 Å². The second-order valence-corrected chi connectivity index (χ2v) is 5.84. The van der Waals surface area contributed by atoms with Crippen molar-refractivity contribution in [2.75, 3.05) is 13.2 Å². The highest BCUT2D eigenvalue weighted by atomic mass is 127. The molecule has 2 aromatic rings. The molecule has 0 heterocycles. The van der Waals surface area contributed by atoms with Crippen LogP contribution in [0, 0.1) is 3.57 Å². The fourth-order valence-electron chi connectivity index (χ4n) is 1.80. The Morgan fingerprint density at radius 1 is 1.00 bits per heavy atom. The SMILES string of the molecule is CCOc1ccc(CNC(=O)COc2ccc(I)cc2)cc1. The zero-order valence-electron chi connectivity index (χ0n) is 12.3. The highest BCUT2D eigenvalue weighted by molar-refractivity contribution is 14.1. The maximum atomic E-state index is 11.8. The normalized spacial score (nSPS) is 10.1. The smallest absolute Gasteiger partial charge is 0.258 e. The van der Waals surface area contributed by atoms with Gasteiger partial charge in [-0.05, 0) is 71.5 Å². The standard InChI is InChI=1S/C17H18INO3/c1-2-21-15-7-3-13(4-8-15)11-19-17(20)12-22-16-9-5-14(18)6-10-16/h3-10H,2,11-12H2,1H3,(H,19,20). The molecule has 0 unspecified atom stereocenters. The Balaban J connectivity index is 1.74. The average molecular weight is 411 g/mol. The molecule has 0 saturated carbocycles. The van der Waals surface area contributed by atoms with E-state index in [1.54, 1.807) is 0 Å². The number of nitrogens with one attached hydrogen (secondary N) is 1. The lowest BCUT2D eigenvalue weighted by molar-refractivity contribution is -0.123. The van der Waals surface area contributed by atoms with Crippen LogP contribution in [-0.2, 0) is 11.3 Å². The third kappa shape index (κ3) is 5.55. The topological polar surface area (TPSA) is 47.6 Å². The lowest BCUT2D eigenvalue weighted by Crippen LogP contribution is -2.28. The lowest BCUT2D eigenvalue weighted by Gasteiger charge is -2.08. The van der Waals surface area contributed by atoms with Crippen molar-refractivity contribution in [3.8, 4) is 11.5 Å². The van der Waals surface area contributed by atoms with Crippen LogP contribution >= 0.6 is 22.6 Å². The third-order valence-corrected chi connectivity index (χ3v) is 3.63. The average Bonchev–Trinajstić information content (AvgIpc) is 2.54. The van der Waals surface area contributed by atoms with E-state index in [0.29, 0.717) is 18.9 Å². The molecule has 22 heavy (non-hydrogen) atoms. The summed E-state index contributed by atoms with van der Waals surface area (Å²) in [6, 6.07) is 15.2. The number of ether oxygens (including phenoxy) is 2. The number of halogens is 1. The van der Waals surface area contributed by atoms with Gasteiger partial charge in [0.05, 0.1) is 6.61 Å². The van der Waals surface area contributed by atoms with Crippen LogP contribution in [0.4, 0.5) is 0 Å². The summed E-state index contributed by atoms with van der Waals surface area (Å²) in [5.41, 5.74) is 1.02. The van der Waals surface area contributed by atoms with Gasteiger partial charge in [0.1, 0.15) is 11.5 Å². The van der Waals surface area contributed by atoms with Crippen LogP contribution in [0.15, 0.2) is 48.5 Å². The molecule has 1 N–H and O–H groups in total. The van der Waals surface area contributed by atoms with Gasteiger partial charge in [0.25, 0.3) is 5.91 Å². The molecule has 0 aliphatic carbocycles. The van der Waals surface area contributed by atoms with Crippen molar-refractivity contribution in [1.29, 1.82) is 0 Å². The highest BCUT2D eigenvalue weighted by Crippen LogP contribution is 2.13. The molecule has 116 valence electrons. The van der Waals surface area contributed by atoms with E-state index in [9.17, 15) is 4.79 Å². The molecule has 0 fully saturated rings. The van der Waals surface area contributed by atoms with Gasteiger partial charge < -0.3 is 14.8 Å². The molecule has 0 saturated heterocycles. The maximum absolute atomic E-state index is 11.8. The molecule has 2 aromatic carbocycles. The first kappa shape index (κ1) is 16.6. The van der Waals surface area contributed by atoms with Gasteiger partial charge in [-0.2, -0.15) is 0 Å². The summed E-state index contributed by atoms with van der Waals surface area (Å²) >= 11 is 2.22. The molecule has 5 heteroatoms. The Bertz CT molecular complexity index is 596. The summed E-state index contributed by atoms with van der Waals surface area (Å²) in [5.74, 6) is 1.38. The Kier molecular flexibility index (Phi) is 6.51. The predicted octanol–water partition coefficient (Wildman–Crippen LogP) is 3.39. The minimum atomic E-state index is -0.146. The number of benzene rings is 2. The van der Waals surface area contributed by atoms with E-state index < -0.39 is 0 Å². The van der Waals surface area contributed by atoms with E-state index in [1.165, 1.54) is 0 Å². The molecule has 0 spiro atoms. The van der Waals surface area contributed by atoms with Crippen LogP contribution in [0.1, 0.15) is 12.5 Å². The summed E-state index contributed by atoms with van der Waals surface area (Å²) in [6.07, 6.45) is 0. The number of carbonyl (C=O) groups is 1. The number of hydrogen-bond donors (Lipinski definition) is 1. The van der Waals surface area contributed by atoms with E-state index >= 15 is 0 Å². The fourth-order valence-corrected chi connectivity index (χ4v) is 2.16. The zero-order chi connectivity index (χ0) is 15.8. The van der Waals surface area contributed by atoms with Gasteiger partial charge >= 0.3 is 0 Å². The molecule has 1 amide bonds. The molecular weight excluding hydrogens is 393 g/mol. The summed E-state index contributed by atoms with van der Waals surface area (Å²) in [6.45, 7) is 3.08. The van der Waals surface area contributed by atoms with Crippen molar-refractivity contribution in [3.63, 3.8) is 0 Å². The molecule has 0 atom stereocenters. The highest BCUT2D eigenvalue weighted by Gasteiger charge is 2.03. The Morgan fingerprint density at radius 3 is 2.23 bits per heavy atom. The first-order valence-corrected chi connectivity index (χ1v) is 8.12. The maximum Gasteiger partial charge on any atom is 0.258 e. The lowest BCUT2D eigenvalue weighted by atomic mass is 10.2. The van der Waals surface area contributed by atoms with Crippen molar-refractivity contribution >= 4 is 28.5 Å². The molecule has 0 aliphatic heterocycles. The van der Waals surface area contributed by atoms with E-state index in [2.05, 4.69) is 27.9 Å². The summed E-state index contributed by atoms with van der Waals surface area (Å²) < 4.78 is 11.9. The third-order valence-electron chi connectivity index (χ3n) is 2.91. The van der Waals surface area contributed by atoms with Crippen molar-refractivity contribution in [1.82, 2.24) is 5.32 Å². The molecule has 0 aromatic heterocycles. The molecular formula is C17H18INO3. The van der Waals surface area contributed by atoms with E-state index in [1.807, 2.05) is 55.5 Å². The van der Waals surface area contributed by atoms with Crippen LogP contribution < -0.4 is 14.8 Å². The fraction of sp³-hybridized carbons (Fsp3) is 0.235. The second kappa shape index (κ2) is 8.63. The number of rotatable bonds is 7. The predicted molar refractivity (Wildman–Crippen MR) is 94.1 cm³/mol. The molecule has 4 nitrogen and oxygen atoms in total. The van der Waals surface area contributed by atoms with Crippen LogP contribution in [0.25, 0.3) is 0 Å². The summed E-state index contributed by atoms with van der Waals surface area (Å²) in [7, 11) is 0. The Labute approximate surface area is 144 Å². The van der Waals surface area contributed by atoms with E-state index in [4.69, 9.17) is 9.47 Å². The van der Waals surface area contributed by atoms with Crippen molar-refractivity contribution in [3.05, 3.63) is 57.7 Å². The van der Waals surface area contributed by atoms with Gasteiger partial charge in [-0.15, -0.1) is 0 Å². The van der Waals surface area contributed by atoms with E-state index in [0.717, 1.165) is 14.9 Å². The first-order valence-electron chi connectivity index (χ1n) is 7.04. The summed E-state index contributed by atoms with van der Waals surface area (Å²) in [4.78, 5) is 11.8. The number of amides is 1. The monoisotopic (exact) mass is 411 g/mol. The zero-order valence-corrected chi connectivity index (χ0v) is 14.5. The largest absolute Gasteiger partial charge is 0.494 e. The van der Waals surface area contributed by atoms with E-state index in [-0.39, 0.29) is 12.5 Å². The van der Waals surface area contributed by atoms with Crippen LogP contribution in [0.3, 0.4) is 0 Å². The van der Waals surface area contributed by atoms with Gasteiger partial charge in [0.2, 0.25) is 0 Å². The summed E-state index contributed by atoms with van der Waals surface area (Å²) in [5, 5.41) is 2.83. The molecule has 2 rings (SSSR count). The molecule has 0 aliphatic rings. The first-order chi connectivity index (χ1) is 10.7. The Hall–Kier alpha value is -1.76. The minimum Gasteiger partial charge on any atom is -0.494 e. The van der Waals surface area contributed by atoms with Crippen molar-refractivity contribution < 1.29 is 14.3 Å². The number of hydrogen-bond acceptors (Lipinski definition) is 3. The van der Waals surface area contributed by atoms with Gasteiger partial charge in [-0.25, -0.2) is 0 Å². The molecule has 0 radical (unpaired) electrons. The number of carbonyl (C=O) groups excluding carboxylic acids is 1. The molecule has 0 bridgehead atoms. The van der Waals surface area contributed by atoms with Gasteiger partial charge in [0.15, 0.2) is 6.61 Å². The van der Waals surface area contributed by atoms with Gasteiger partial charge in [0, 0.05) is 10.1 Å². The Morgan fingerprint density at radius 2 is 1.59 bits per heavy atom. The van der Waals surface area contributed by atoms with Gasteiger partial charge in [-0.3, -0.25) is 4.79 Å². The van der Waals surface area contributed by atoms with Crippen LogP contribution in [-0.4, -0.2) is 19.1 Å². The van der Waals surface area contributed by atoms with Gasteiger partial charge in [-0.1, -0.05) is 12.1 Å².